The number of amides is 1. The lowest BCUT2D eigenvalue weighted by Gasteiger charge is -2.12. The van der Waals surface area contributed by atoms with Crippen molar-refractivity contribution in [2.75, 3.05) is 26.9 Å². The highest BCUT2D eigenvalue weighted by Gasteiger charge is 2.17. The highest BCUT2D eigenvalue weighted by atomic mass is 16.5. The van der Waals surface area contributed by atoms with Crippen LogP contribution in [0.15, 0.2) is 48.8 Å². The van der Waals surface area contributed by atoms with Gasteiger partial charge in [0.25, 0.3) is 5.91 Å². The molecular weight excluding hydrogens is 368 g/mol. The Bertz CT molecular complexity index is 1220. The number of carbonyl (C=O) groups excluding carboxylic acids is 1. The van der Waals surface area contributed by atoms with Crippen LogP contribution in [0.5, 0.6) is 5.75 Å². The summed E-state index contributed by atoms with van der Waals surface area (Å²) in [5.74, 6) is 0.631. The van der Waals surface area contributed by atoms with E-state index in [2.05, 4.69) is 20.2 Å². The van der Waals surface area contributed by atoms with Crippen LogP contribution in [0.4, 0.5) is 5.82 Å². The minimum absolute atomic E-state index is 0.0952. The molecule has 4 rings (SSSR count). The highest BCUT2D eigenvalue weighted by molar-refractivity contribution is 6.00. The van der Waals surface area contributed by atoms with E-state index in [1.165, 1.54) is 4.90 Å². The van der Waals surface area contributed by atoms with Gasteiger partial charge in [-0.15, -0.1) is 10.2 Å². The topological polar surface area (TPSA) is 110 Å². The molecule has 0 aliphatic carbocycles. The first-order valence-electron chi connectivity index (χ1n) is 8.95. The van der Waals surface area contributed by atoms with Gasteiger partial charge in [-0.2, -0.15) is 0 Å². The van der Waals surface area contributed by atoms with Gasteiger partial charge >= 0.3 is 0 Å². The lowest BCUT2D eigenvalue weighted by atomic mass is 10.0. The molecule has 0 radical (unpaired) electrons. The van der Waals surface area contributed by atoms with E-state index < -0.39 is 0 Å². The largest absolute Gasteiger partial charge is 0.496 e. The fourth-order valence-electron chi connectivity index (χ4n) is 3.19. The van der Waals surface area contributed by atoms with Crippen molar-refractivity contribution in [3.63, 3.8) is 0 Å². The van der Waals surface area contributed by atoms with Gasteiger partial charge in [-0.25, -0.2) is 4.98 Å². The molecule has 0 unspecified atom stereocenters. The SMILES string of the molecule is COc1ccccc1-c1c[nH]c2ncc(-c3cc(C(=O)N(C)C)c(N)nn3)cc12. The molecule has 0 fully saturated rings. The fourth-order valence-corrected chi connectivity index (χ4v) is 3.19. The highest BCUT2D eigenvalue weighted by Crippen LogP contribution is 2.35. The first-order valence-corrected chi connectivity index (χ1v) is 8.95. The quantitative estimate of drug-likeness (QED) is 0.556. The molecule has 4 aromatic rings. The zero-order chi connectivity index (χ0) is 20.5. The minimum atomic E-state index is -0.232. The van der Waals surface area contributed by atoms with E-state index in [1.54, 1.807) is 33.5 Å². The molecule has 0 atom stereocenters. The van der Waals surface area contributed by atoms with Gasteiger partial charge in [0.15, 0.2) is 5.82 Å². The number of benzene rings is 1. The standard InChI is InChI=1S/C21H20N6O2/c1-27(2)21(28)15-9-17(25-26-19(15)22)12-8-14-16(11-24-20(14)23-10-12)13-6-4-5-7-18(13)29-3/h4-11H,1-3H3,(H2,22,26)(H,23,24). The van der Waals surface area contributed by atoms with Crippen molar-refractivity contribution in [3.8, 4) is 28.1 Å². The van der Waals surface area contributed by atoms with E-state index in [9.17, 15) is 4.79 Å². The monoisotopic (exact) mass is 388 g/mol. The Balaban J connectivity index is 1.85. The maximum absolute atomic E-state index is 12.4. The van der Waals surface area contributed by atoms with Crippen molar-refractivity contribution >= 4 is 22.8 Å². The number of nitrogens with one attached hydrogen (secondary N) is 1. The minimum Gasteiger partial charge on any atom is -0.496 e. The summed E-state index contributed by atoms with van der Waals surface area (Å²) >= 11 is 0. The van der Waals surface area contributed by atoms with Crippen LogP contribution in [0.2, 0.25) is 0 Å². The van der Waals surface area contributed by atoms with Gasteiger partial charge in [0.2, 0.25) is 0 Å². The van der Waals surface area contributed by atoms with Crippen molar-refractivity contribution in [2.45, 2.75) is 0 Å². The Morgan fingerprint density at radius 2 is 1.93 bits per heavy atom. The number of pyridine rings is 1. The molecule has 0 bridgehead atoms. The number of rotatable bonds is 4. The summed E-state index contributed by atoms with van der Waals surface area (Å²) < 4.78 is 5.50. The number of para-hydroxylation sites is 1. The molecule has 3 aromatic heterocycles. The lowest BCUT2D eigenvalue weighted by Crippen LogP contribution is -2.23. The summed E-state index contributed by atoms with van der Waals surface area (Å²) in [5, 5.41) is 9.03. The van der Waals surface area contributed by atoms with Gasteiger partial charge in [0.05, 0.1) is 18.4 Å². The van der Waals surface area contributed by atoms with Crippen molar-refractivity contribution < 1.29 is 9.53 Å². The number of methoxy groups -OCH3 is 1. The Morgan fingerprint density at radius 3 is 2.69 bits per heavy atom. The number of aromatic nitrogens is 4. The van der Waals surface area contributed by atoms with Gasteiger partial charge in [-0.3, -0.25) is 4.79 Å². The summed E-state index contributed by atoms with van der Waals surface area (Å²) in [6.07, 6.45) is 3.59. The van der Waals surface area contributed by atoms with Crippen LogP contribution in [0.25, 0.3) is 33.4 Å². The van der Waals surface area contributed by atoms with Crippen molar-refractivity contribution in [1.29, 1.82) is 0 Å². The number of ether oxygens (including phenoxy) is 1. The summed E-state index contributed by atoms with van der Waals surface area (Å²) in [6.45, 7) is 0. The number of nitrogens with two attached hydrogens (primary N) is 1. The zero-order valence-corrected chi connectivity index (χ0v) is 16.3. The molecule has 0 aliphatic heterocycles. The molecular formula is C21H20N6O2. The third kappa shape index (κ3) is 3.25. The summed E-state index contributed by atoms with van der Waals surface area (Å²) in [4.78, 5) is 21.5. The molecule has 0 saturated heterocycles. The van der Waals surface area contributed by atoms with E-state index >= 15 is 0 Å². The normalized spacial score (nSPS) is 10.9. The third-order valence-electron chi connectivity index (χ3n) is 4.68. The Kier molecular flexibility index (Phi) is 4.59. The van der Waals surface area contributed by atoms with E-state index in [1.807, 2.05) is 36.5 Å². The number of hydrogen-bond donors (Lipinski definition) is 2. The van der Waals surface area contributed by atoms with Crippen molar-refractivity contribution in [3.05, 3.63) is 54.4 Å². The van der Waals surface area contributed by atoms with Crippen LogP contribution < -0.4 is 10.5 Å². The van der Waals surface area contributed by atoms with Crippen LogP contribution in [0, 0.1) is 0 Å². The predicted octanol–water partition coefficient (Wildman–Crippen LogP) is 2.98. The summed E-state index contributed by atoms with van der Waals surface area (Å²) in [7, 11) is 4.97. The average molecular weight is 388 g/mol. The first kappa shape index (κ1) is 18.4. The van der Waals surface area contributed by atoms with E-state index in [4.69, 9.17) is 10.5 Å². The molecule has 1 amide bonds. The molecule has 29 heavy (non-hydrogen) atoms. The number of carbonyl (C=O) groups is 1. The number of nitrogens with zero attached hydrogens (tertiary/aromatic N) is 4. The fraction of sp³-hybridized carbons (Fsp3) is 0.143. The number of fused-ring (bicyclic) bond motifs is 1. The third-order valence-corrected chi connectivity index (χ3v) is 4.68. The second-order valence-electron chi connectivity index (χ2n) is 6.75. The maximum atomic E-state index is 12.4. The van der Waals surface area contributed by atoms with Crippen LogP contribution in [0.3, 0.4) is 0 Å². The second kappa shape index (κ2) is 7.23. The average Bonchev–Trinajstić information content (AvgIpc) is 3.16. The molecule has 1 aromatic carbocycles. The van der Waals surface area contributed by atoms with Gasteiger partial charge in [0.1, 0.15) is 11.4 Å². The van der Waals surface area contributed by atoms with Gasteiger partial charge in [-0.1, -0.05) is 18.2 Å². The molecule has 146 valence electrons. The van der Waals surface area contributed by atoms with E-state index in [-0.39, 0.29) is 11.7 Å². The Labute approximate surface area is 167 Å². The number of H-pyrrole nitrogens is 1. The number of aromatic amines is 1. The lowest BCUT2D eigenvalue weighted by molar-refractivity contribution is 0.0828. The maximum Gasteiger partial charge on any atom is 0.257 e. The van der Waals surface area contributed by atoms with Crippen LogP contribution in [-0.4, -0.2) is 52.2 Å². The van der Waals surface area contributed by atoms with Crippen LogP contribution in [0.1, 0.15) is 10.4 Å². The van der Waals surface area contributed by atoms with E-state index in [0.717, 1.165) is 33.5 Å². The Morgan fingerprint density at radius 1 is 1.14 bits per heavy atom. The zero-order valence-electron chi connectivity index (χ0n) is 16.3. The van der Waals surface area contributed by atoms with Crippen LogP contribution in [-0.2, 0) is 0 Å². The molecule has 3 N–H and O–H groups in total. The van der Waals surface area contributed by atoms with Crippen molar-refractivity contribution in [1.82, 2.24) is 25.1 Å². The number of nitrogen functional groups attached to an aromatic ring is 1. The van der Waals surface area contributed by atoms with Crippen LogP contribution >= 0.6 is 0 Å². The van der Waals surface area contributed by atoms with Crippen molar-refractivity contribution in [2.24, 2.45) is 0 Å². The number of hydrogen-bond acceptors (Lipinski definition) is 6. The van der Waals surface area contributed by atoms with E-state index in [0.29, 0.717) is 11.3 Å². The Hall–Kier alpha value is -3.94. The molecule has 0 aliphatic rings. The molecule has 8 nitrogen and oxygen atoms in total. The smallest absolute Gasteiger partial charge is 0.257 e. The molecule has 8 heteroatoms. The summed E-state index contributed by atoms with van der Waals surface area (Å²) in [6, 6.07) is 11.4. The second-order valence-corrected chi connectivity index (χ2v) is 6.75. The van der Waals surface area contributed by atoms with Gasteiger partial charge in [0, 0.05) is 48.6 Å². The first-order chi connectivity index (χ1) is 14.0. The van der Waals surface area contributed by atoms with Gasteiger partial charge in [-0.05, 0) is 18.2 Å². The predicted molar refractivity (Wildman–Crippen MR) is 112 cm³/mol. The molecule has 0 saturated carbocycles. The van der Waals surface area contributed by atoms with Gasteiger partial charge < -0.3 is 20.4 Å². The molecule has 0 spiro atoms. The number of anilines is 1. The summed E-state index contributed by atoms with van der Waals surface area (Å²) in [5.41, 5.74) is 10.1. The molecule has 3 heterocycles.